The number of rotatable bonds is 7. The van der Waals surface area contributed by atoms with Crippen LogP contribution < -0.4 is 10.6 Å². The molecule has 1 amide bonds. The smallest absolute Gasteiger partial charge is 0.270 e. The van der Waals surface area contributed by atoms with Crippen LogP contribution in [0.2, 0.25) is 5.02 Å². The first-order valence-electron chi connectivity index (χ1n) is 6.82. The van der Waals surface area contributed by atoms with Gasteiger partial charge in [0.15, 0.2) is 0 Å². The average molecular weight is 321 g/mol. The van der Waals surface area contributed by atoms with Crippen molar-refractivity contribution in [2.24, 2.45) is 0 Å². The molecule has 0 aliphatic heterocycles. The third-order valence-electron chi connectivity index (χ3n) is 2.82. The Labute approximate surface area is 133 Å². The minimum Gasteiger partial charge on any atom is -0.385 e. The van der Waals surface area contributed by atoms with Crippen molar-refractivity contribution in [3.8, 4) is 0 Å². The van der Waals surface area contributed by atoms with Gasteiger partial charge < -0.3 is 15.4 Å². The minimum absolute atomic E-state index is 0.249. The van der Waals surface area contributed by atoms with Crippen LogP contribution in [0.4, 0.5) is 11.6 Å². The molecular weight excluding hydrogens is 304 g/mol. The molecule has 0 atom stereocenters. The van der Waals surface area contributed by atoms with E-state index in [0.29, 0.717) is 35.5 Å². The van der Waals surface area contributed by atoms with Crippen LogP contribution in [0.1, 0.15) is 16.9 Å². The van der Waals surface area contributed by atoms with Gasteiger partial charge in [0.25, 0.3) is 5.91 Å². The van der Waals surface area contributed by atoms with Crippen molar-refractivity contribution in [3.63, 3.8) is 0 Å². The summed E-state index contributed by atoms with van der Waals surface area (Å²) in [6, 6.07) is 8.81. The lowest BCUT2D eigenvalue weighted by atomic mass is 10.3. The molecule has 1 aromatic carbocycles. The van der Waals surface area contributed by atoms with Crippen LogP contribution in [0.3, 0.4) is 0 Å². The third kappa shape index (κ3) is 4.68. The Morgan fingerprint density at radius 3 is 2.91 bits per heavy atom. The second-order valence-electron chi connectivity index (χ2n) is 4.47. The number of methoxy groups -OCH3 is 1. The Balaban J connectivity index is 2.00. The maximum absolute atomic E-state index is 12.0. The maximum Gasteiger partial charge on any atom is 0.270 e. The number of halogens is 1. The standard InChI is InChI=1S/C15H17ClN4O2/c1-22-10-4-8-17-14(21)13-7-9-18-15(20-13)19-12-6-3-2-5-11(12)16/h2-3,5-7,9H,4,8,10H2,1H3,(H,17,21)(H,18,19,20). The number of nitrogens with one attached hydrogen (secondary N) is 2. The fourth-order valence-corrected chi connectivity index (χ4v) is 1.92. The van der Waals surface area contributed by atoms with Crippen LogP contribution in [0.15, 0.2) is 36.5 Å². The first kappa shape index (κ1) is 16.2. The molecule has 0 aliphatic carbocycles. The molecule has 116 valence electrons. The molecule has 2 rings (SSSR count). The lowest BCUT2D eigenvalue weighted by molar-refractivity contribution is 0.0943. The van der Waals surface area contributed by atoms with Gasteiger partial charge in [-0.05, 0) is 24.6 Å². The quantitative estimate of drug-likeness (QED) is 0.767. The zero-order valence-electron chi connectivity index (χ0n) is 12.2. The number of anilines is 2. The van der Waals surface area contributed by atoms with Crippen molar-refractivity contribution >= 4 is 29.1 Å². The van der Waals surface area contributed by atoms with Gasteiger partial charge >= 0.3 is 0 Å². The van der Waals surface area contributed by atoms with Crippen molar-refractivity contribution in [2.75, 3.05) is 25.6 Å². The number of carbonyl (C=O) groups is 1. The molecule has 2 aromatic rings. The van der Waals surface area contributed by atoms with Crippen LogP contribution in [0.25, 0.3) is 0 Å². The summed E-state index contributed by atoms with van der Waals surface area (Å²) in [7, 11) is 1.62. The van der Waals surface area contributed by atoms with Crippen molar-refractivity contribution in [1.82, 2.24) is 15.3 Å². The highest BCUT2D eigenvalue weighted by atomic mass is 35.5. The monoisotopic (exact) mass is 320 g/mol. The van der Waals surface area contributed by atoms with E-state index in [0.717, 1.165) is 6.42 Å². The summed E-state index contributed by atoms with van der Waals surface area (Å²) in [5, 5.41) is 6.32. The highest BCUT2D eigenvalue weighted by molar-refractivity contribution is 6.33. The van der Waals surface area contributed by atoms with Gasteiger partial charge in [0, 0.05) is 26.5 Å². The van der Waals surface area contributed by atoms with Crippen LogP contribution >= 0.6 is 11.6 Å². The second-order valence-corrected chi connectivity index (χ2v) is 4.88. The van der Waals surface area contributed by atoms with Crippen LogP contribution in [-0.4, -0.2) is 36.1 Å². The van der Waals surface area contributed by atoms with Crippen LogP contribution in [0, 0.1) is 0 Å². The summed E-state index contributed by atoms with van der Waals surface area (Å²) < 4.78 is 4.93. The van der Waals surface area contributed by atoms with Crippen LogP contribution in [0.5, 0.6) is 0 Å². The van der Waals surface area contributed by atoms with E-state index in [1.807, 2.05) is 18.2 Å². The topological polar surface area (TPSA) is 76.1 Å². The fraction of sp³-hybridized carbons (Fsp3) is 0.267. The molecule has 6 nitrogen and oxygen atoms in total. The van der Waals surface area contributed by atoms with Gasteiger partial charge in [-0.15, -0.1) is 0 Å². The summed E-state index contributed by atoms with van der Waals surface area (Å²) in [5.74, 6) is 0.0679. The molecule has 0 spiro atoms. The minimum atomic E-state index is -0.249. The molecule has 7 heteroatoms. The van der Waals surface area contributed by atoms with Crippen molar-refractivity contribution in [3.05, 3.63) is 47.2 Å². The molecule has 0 radical (unpaired) electrons. The summed E-state index contributed by atoms with van der Waals surface area (Å²) in [5.41, 5.74) is 0.976. The Hall–Kier alpha value is -2.18. The number of aromatic nitrogens is 2. The highest BCUT2D eigenvalue weighted by Crippen LogP contribution is 2.22. The molecule has 0 unspecified atom stereocenters. The Kier molecular flexibility index (Phi) is 6.12. The lowest BCUT2D eigenvalue weighted by Crippen LogP contribution is -2.26. The molecule has 2 N–H and O–H groups in total. The van der Waals surface area contributed by atoms with Crippen molar-refractivity contribution in [2.45, 2.75) is 6.42 Å². The maximum atomic E-state index is 12.0. The van der Waals surface area contributed by atoms with Gasteiger partial charge in [0.1, 0.15) is 5.69 Å². The van der Waals surface area contributed by atoms with Gasteiger partial charge in [0.05, 0.1) is 10.7 Å². The lowest BCUT2D eigenvalue weighted by Gasteiger charge is -2.08. The van der Waals surface area contributed by atoms with E-state index < -0.39 is 0 Å². The van der Waals surface area contributed by atoms with E-state index in [2.05, 4.69) is 20.6 Å². The molecule has 0 fully saturated rings. The van der Waals surface area contributed by atoms with Gasteiger partial charge in [-0.1, -0.05) is 23.7 Å². The highest BCUT2D eigenvalue weighted by Gasteiger charge is 2.09. The van der Waals surface area contributed by atoms with E-state index in [1.165, 1.54) is 6.20 Å². The number of carbonyl (C=O) groups excluding carboxylic acids is 1. The molecule has 0 aliphatic rings. The Bertz CT molecular complexity index is 636. The van der Waals surface area contributed by atoms with Gasteiger partial charge in [0.2, 0.25) is 5.95 Å². The van der Waals surface area contributed by atoms with E-state index in [-0.39, 0.29) is 5.91 Å². The second kappa shape index (κ2) is 8.31. The number of amides is 1. The van der Waals surface area contributed by atoms with Crippen LogP contribution in [-0.2, 0) is 4.74 Å². The summed E-state index contributed by atoms with van der Waals surface area (Å²) >= 11 is 6.07. The first-order chi connectivity index (χ1) is 10.7. The van der Waals surface area contributed by atoms with Crippen molar-refractivity contribution in [1.29, 1.82) is 0 Å². The number of ether oxygens (including phenoxy) is 1. The number of benzene rings is 1. The number of para-hydroxylation sites is 1. The first-order valence-corrected chi connectivity index (χ1v) is 7.20. The van der Waals surface area contributed by atoms with E-state index in [4.69, 9.17) is 16.3 Å². The van der Waals surface area contributed by atoms with Crippen molar-refractivity contribution < 1.29 is 9.53 Å². The fourth-order valence-electron chi connectivity index (χ4n) is 1.74. The van der Waals surface area contributed by atoms with E-state index in [9.17, 15) is 4.79 Å². The third-order valence-corrected chi connectivity index (χ3v) is 3.15. The normalized spacial score (nSPS) is 10.3. The zero-order chi connectivity index (χ0) is 15.8. The summed E-state index contributed by atoms with van der Waals surface area (Å²) in [6.45, 7) is 1.13. The Morgan fingerprint density at radius 1 is 1.32 bits per heavy atom. The summed E-state index contributed by atoms with van der Waals surface area (Å²) in [6.07, 6.45) is 2.27. The number of hydrogen-bond acceptors (Lipinski definition) is 5. The van der Waals surface area contributed by atoms with Gasteiger partial charge in [-0.25, -0.2) is 9.97 Å². The molecular formula is C15H17ClN4O2. The van der Waals surface area contributed by atoms with Gasteiger partial charge in [-0.2, -0.15) is 0 Å². The zero-order valence-corrected chi connectivity index (χ0v) is 12.9. The predicted octanol–water partition coefficient (Wildman–Crippen LogP) is 2.64. The predicted molar refractivity (Wildman–Crippen MR) is 85.6 cm³/mol. The van der Waals surface area contributed by atoms with E-state index >= 15 is 0 Å². The average Bonchev–Trinajstić information content (AvgIpc) is 2.54. The largest absolute Gasteiger partial charge is 0.385 e. The Morgan fingerprint density at radius 2 is 2.14 bits per heavy atom. The molecule has 22 heavy (non-hydrogen) atoms. The molecule has 0 saturated carbocycles. The number of nitrogens with zero attached hydrogens (tertiary/aromatic N) is 2. The molecule has 1 heterocycles. The molecule has 0 bridgehead atoms. The van der Waals surface area contributed by atoms with Gasteiger partial charge in [-0.3, -0.25) is 4.79 Å². The molecule has 0 saturated heterocycles. The summed E-state index contributed by atoms with van der Waals surface area (Å²) in [4.78, 5) is 20.3. The molecule has 1 aromatic heterocycles. The van der Waals surface area contributed by atoms with E-state index in [1.54, 1.807) is 19.2 Å². The SMILES string of the molecule is COCCCNC(=O)c1ccnc(Nc2ccccc2Cl)n1. The number of hydrogen-bond donors (Lipinski definition) is 2.